The number of hydrogen-bond acceptors (Lipinski definition) is 4. The van der Waals surface area contributed by atoms with Gasteiger partial charge in [0, 0.05) is 19.3 Å². The van der Waals surface area contributed by atoms with Crippen molar-refractivity contribution in [3.63, 3.8) is 0 Å². The monoisotopic (exact) mass is 357 g/mol. The maximum Gasteiger partial charge on any atom is 0.338 e. The van der Waals surface area contributed by atoms with E-state index in [9.17, 15) is 9.59 Å². The molecule has 0 saturated carbocycles. The van der Waals surface area contributed by atoms with Crippen LogP contribution in [-0.2, 0) is 4.79 Å². The molecule has 1 aromatic heterocycles. The van der Waals surface area contributed by atoms with Crippen molar-refractivity contribution in [1.82, 2.24) is 14.7 Å². The Hall–Kier alpha value is -2.83. The third kappa shape index (κ3) is 4.04. The Kier molecular flexibility index (Phi) is 5.25. The van der Waals surface area contributed by atoms with Gasteiger partial charge in [0.1, 0.15) is 5.75 Å². The number of aryl methyl sites for hydroxylation is 2. The number of likely N-dealkylation sites (tertiary alicyclic amines) is 1. The van der Waals surface area contributed by atoms with Gasteiger partial charge in [-0.15, -0.1) is 0 Å². The molecule has 1 aromatic carbocycles. The fraction of sp³-hybridized carbons (Fsp3) is 0.421. The molecule has 7 nitrogen and oxygen atoms in total. The normalized spacial score (nSPS) is 15.1. The average molecular weight is 357 g/mol. The number of aromatic carboxylic acids is 1. The first-order valence-corrected chi connectivity index (χ1v) is 8.69. The van der Waals surface area contributed by atoms with Crippen molar-refractivity contribution < 1.29 is 19.4 Å². The highest BCUT2D eigenvalue weighted by Crippen LogP contribution is 2.23. The summed E-state index contributed by atoms with van der Waals surface area (Å²) >= 11 is 0. The molecule has 7 heteroatoms. The first kappa shape index (κ1) is 18.0. The number of amides is 1. The van der Waals surface area contributed by atoms with Crippen LogP contribution < -0.4 is 4.74 Å². The lowest BCUT2D eigenvalue weighted by Crippen LogP contribution is -2.41. The second-order valence-corrected chi connectivity index (χ2v) is 6.68. The highest BCUT2D eigenvalue weighted by molar-refractivity contribution is 5.86. The van der Waals surface area contributed by atoms with Gasteiger partial charge in [0.25, 0.3) is 5.91 Å². The summed E-state index contributed by atoms with van der Waals surface area (Å²) in [6.07, 6.45) is 4.40. The lowest BCUT2D eigenvalue weighted by atomic mass is 10.1. The topological polar surface area (TPSA) is 84.7 Å². The highest BCUT2D eigenvalue weighted by atomic mass is 16.5. The summed E-state index contributed by atoms with van der Waals surface area (Å²) in [5, 5.41) is 13.1. The molecule has 3 rings (SSSR count). The van der Waals surface area contributed by atoms with Gasteiger partial charge in [-0.3, -0.25) is 9.48 Å². The zero-order chi connectivity index (χ0) is 18.7. The van der Waals surface area contributed by atoms with Crippen molar-refractivity contribution in [2.75, 3.05) is 19.7 Å². The summed E-state index contributed by atoms with van der Waals surface area (Å²) in [6, 6.07) is 6.05. The number of benzene rings is 1. The van der Waals surface area contributed by atoms with Crippen LogP contribution in [0.3, 0.4) is 0 Å². The van der Waals surface area contributed by atoms with Gasteiger partial charge in [0.2, 0.25) is 0 Å². The zero-order valence-electron chi connectivity index (χ0n) is 15.0. The number of carboxylic acids is 1. The van der Waals surface area contributed by atoms with E-state index in [-0.39, 0.29) is 24.1 Å². The molecule has 1 aliphatic rings. The molecule has 0 radical (unpaired) electrons. The summed E-state index contributed by atoms with van der Waals surface area (Å²) in [4.78, 5) is 25.2. The Labute approximate surface area is 152 Å². The molecule has 1 aliphatic heterocycles. The van der Waals surface area contributed by atoms with Gasteiger partial charge >= 0.3 is 5.97 Å². The average Bonchev–Trinajstić information content (AvgIpc) is 3.13. The lowest BCUT2D eigenvalue weighted by Gasteiger charge is -2.32. The number of ether oxygens (including phenoxy) is 1. The first-order chi connectivity index (χ1) is 12.4. The maximum atomic E-state index is 12.4. The van der Waals surface area contributed by atoms with Gasteiger partial charge in [-0.2, -0.15) is 5.10 Å². The van der Waals surface area contributed by atoms with Gasteiger partial charge in [0.05, 0.1) is 17.8 Å². The van der Waals surface area contributed by atoms with E-state index in [1.165, 1.54) is 6.20 Å². The van der Waals surface area contributed by atoms with Crippen LogP contribution in [0.5, 0.6) is 5.75 Å². The molecule has 0 bridgehead atoms. The molecule has 1 amide bonds. The molecule has 2 heterocycles. The van der Waals surface area contributed by atoms with Crippen molar-refractivity contribution >= 4 is 11.9 Å². The Morgan fingerprint density at radius 2 is 2.00 bits per heavy atom. The van der Waals surface area contributed by atoms with Crippen LogP contribution >= 0.6 is 0 Å². The van der Waals surface area contributed by atoms with E-state index >= 15 is 0 Å². The predicted octanol–water partition coefficient (Wildman–Crippen LogP) is 2.44. The van der Waals surface area contributed by atoms with Crippen LogP contribution in [0, 0.1) is 13.8 Å². The molecule has 0 spiro atoms. The lowest BCUT2D eigenvalue weighted by molar-refractivity contribution is -0.134. The Morgan fingerprint density at radius 3 is 2.65 bits per heavy atom. The predicted molar refractivity (Wildman–Crippen MR) is 95.4 cm³/mol. The van der Waals surface area contributed by atoms with Crippen LogP contribution in [0.2, 0.25) is 0 Å². The Bertz CT molecular complexity index is 807. The first-order valence-electron chi connectivity index (χ1n) is 8.69. The van der Waals surface area contributed by atoms with Gasteiger partial charge in [-0.25, -0.2) is 4.79 Å². The molecule has 0 unspecified atom stereocenters. The number of aromatic nitrogens is 2. The summed E-state index contributed by atoms with van der Waals surface area (Å²) in [6.45, 7) is 5.20. The van der Waals surface area contributed by atoms with E-state index in [1.54, 1.807) is 15.8 Å². The highest BCUT2D eigenvalue weighted by Gasteiger charge is 2.25. The van der Waals surface area contributed by atoms with Gasteiger partial charge < -0.3 is 14.7 Å². The smallest absolute Gasteiger partial charge is 0.338 e. The SMILES string of the molecule is Cc1ccc(C)c(OCC(=O)N2CCC(n3cc(C(=O)O)cn3)CC2)c1. The van der Waals surface area contributed by atoms with E-state index in [2.05, 4.69) is 5.10 Å². The van der Waals surface area contributed by atoms with Crippen LogP contribution in [0.1, 0.15) is 40.4 Å². The van der Waals surface area contributed by atoms with E-state index in [1.807, 2.05) is 32.0 Å². The summed E-state index contributed by atoms with van der Waals surface area (Å²) in [5.74, 6) is -0.269. The largest absolute Gasteiger partial charge is 0.483 e. The number of carboxylic acid groups (broad SMARTS) is 1. The minimum Gasteiger partial charge on any atom is -0.483 e. The molecule has 1 fully saturated rings. The van der Waals surface area contributed by atoms with Crippen molar-refractivity contribution in [3.8, 4) is 5.75 Å². The third-order valence-electron chi connectivity index (χ3n) is 4.73. The van der Waals surface area contributed by atoms with E-state index in [0.29, 0.717) is 13.1 Å². The Balaban J connectivity index is 1.51. The number of carbonyl (C=O) groups is 2. The molecule has 0 aliphatic carbocycles. The molecule has 0 atom stereocenters. The molecular formula is C19H23N3O4. The Morgan fingerprint density at radius 1 is 1.27 bits per heavy atom. The minimum atomic E-state index is -0.979. The number of rotatable bonds is 5. The van der Waals surface area contributed by atoms with E-state index in [0.717, 1.165) is 29.7 Å². The summed E-state index contributed by atoms with van der Waals surface area (Å²) in [5.41, 5.74) is 2.29. The van der Waals surface area contributed by atoms with Gasteiger partial charge in [0.15, 0.2) is 6.61 Å². The molecule has 1 saturated heterocycles. The number of hydrogen-bond donors (Lipinski definition) is 1. The van der Waals surface area contributed by atoms with Crippen LogP contribution in [0.15, 0.2) is 30.6 Å². The number of nitrogens with zero attached hydrogens (tertiary/aromatic N) is 3. The zero-order valence-corrected chi connectivity index (χ0v) is 15.0. The second kappa shape index (κ2) is 7.59. The minimum absolute atomic E-state index is 0.0277. The van der Waals surface area contributed by atoms with Crippen LogP contribution in [0.25, 0.3) is 0 Å². The van der Waals surface area contributed by atoms with Crippen molar-refractivity contribution in [2.45, 2.75) is 32.7 Å². The number of carbonyl (C=O) groups excluding carboxylic acids is 1. The fourth-order valence-corrected chi connectivity index (χ4v) is 3.12. The maximum absolute atomic E-state index is 12.4. The standard InChI is InChI=1S/C19H23N3O4/c1-13-3-4-14(2)17(9-13)26-12-18(23)21-7-5-16(6-8-21)22-11-15(10-20-22)19(24)25/h3-4,9-11,16H,5-8,12H2,1-2H3,(H,24,25). The third-order valence-corrected chi connectivity index (χ3v) is 4.73. The van der Waals surface area contributed by atoms with Crippen molar-refractivity contribution in [3.05, 3.63) is 47.3 Å². The summed E-state index contributed by atoms with van der Waals surface area (Å²) in [7, 11) is 0. The van der Waals surface area contributed by atoms with E-state index < -0.39 is 5.97 Å². The number of piperidine rings is 1. The second-order valence-electron chi connectivity index (χ2n) is 6.68. The van der Waals surface area contributed by atoms with Gasteiger partial charge in [-0.1, -0.05) is 12.1 Å². The van der Waals surface area contributed by atoms with Crippen molar-refractivity contribution in [1.29, 1.82) is 0 Å². The quantitative estimate of drug-likeness (QED) is 0.888. The molecule has 26 heavy (non-hydrogen) atoms. The van der Waals surface area contributed by atoms with Gasteiger partial charge in [-0.05, 0) is 43.9 Å². The molecule has 1 N–H and O–H groups in total. The fourth-order valence-electron chi connectivity index (χ4n) is 3.12. The van der Waals surface area contributed by atoms with E-state index in [4.69, 9.17) is 9.84 Å². The molecule has 2 aromatic rings. The molecular weight excluding hydrogens is 334 g/mol. The summed E-state index contributed by atoms with van der Waals surface area (Å²) < 4.78 is 7.39. The van der Waals surface area contributed by atoms with Crippen LogP contribution in [0.4, 0.5) is 0 Å². The van der Waals surface area contributed by atoms with Crippen molar-refractivity contribution in [2.24, 2.45) is 0 Å². The van der Waals surface area contributed by atoms with Crippen LogP contribution in [-0.4, -0.2) is 51.4 Å². The molecule has 138 valence electrons.